The van der Waals surface area contributed by atoms with Crippen LogP contribution in [0.2, 0.25) is 5.28 Å². The number of halogens is 1. The van der Waals surface area contributed by atoms with E-state index in [4.69, 9.17) is 26.3 Å². The molecule has 0 amide bonds. The van der Waals surface area contributed by atoms with Crippen molar-refractivity contribution in [3.8, 4) is 23.5 Å². The standard InChI is InChI=1S/C20H12ClN3O10S2/c21-18-22-19(24-20(23-18)32-15-4-2-1-3-13(15)17(25)26)31-11-6-5-10-7-12(35-34-33-27)9-16(14(10)8-11)36(28,29)30/h1-9,27H,(H,25,26)(H,28,29,30). The molecule has 0 atom stereocenters. The van der Waals surface area contributed by atoms with Crippen molar-refractivity contribution in [2.24, 2.45) is 0 Å². The fourth-order valence-corrected chi connectivity index (χ4v) is 4.40. The highest BCUT2D eigenvalue weighted by Gasteiger charge is 2.19. The predicted octanol–water partition coefficient (Wildman–Crippen LogP) is 4.64. The lowest BCUT2D eigenvalue weighted by Crippen LogP contribution is -2.03. The first kappa shape index (κ1) is 25.5. The molecule has 0 aliphatic heterocycles. The molecule has 4 rings (SSSR count). The fraction of sp³-hybridized carbons (Fsp3) is 0. The van der Waals surface area contributed by atoms with Crippen LogP contribution >= 0.6 is 23.6 Å². The number of aromatic nitrogens is 3. The monoisotopic (exact) mass is 553 g/mol. The Morgan fingerprint density at radius 2 is 1.69 bits per heavy atom. The summed E-state index contributed by atoms with van der Waals surface area (Å²) < 4.78 is 48.9. The number of benzene rings is 3. The Kier molecular flexibility index (Phi) is 7.51. The zero-order chi connectivity index (χ0) is 25.9. The number of aromatic carboxylic acids is 1. The number of para-hydroxylation sites is 1. The first-order valence-corrected chi connectivity index (χ1v) is 12.0. The summed E-state index contributed by atoms with van der Waals surface area (Å²) in [6, 6.07) is 11.9. The Bertz CT molecular complexity index is 1570. The van der Waals surface area contributed by atoms with Crippen molar-refractivity contribution in [1.82, 2.24) is 15.0 Å². The molecule has 0 radical (unpaired) electrons. The number of nitrogens with zero attached hydrogens (tertiary/aromatic N) is 3. The number of carboxylic acids is 1. The highest BCUT2D eigenvalue weighted by atomic mass is 35.5. The van der Waals surface area contributed by atoms with E-state index in [2.05, 4.69) is 24.3 Å². The van der Waals surface area contributed by atoms with Crippen LogP contribution in [0.4, 0.5) is 0 Å². The number of hydrogen-bond donors (Lipinski definition) is 3. The van der Waals surface area contributed by atoms with E-state index < -0.39 is 21.0 Å². The van der Waals surface area contributed by atoms with Crippen molar-refractivity contribution in [3.63, 3.8) is 0 Å². The summed E-state index contributed by atoms with van der Waals surface area (Å²) in [5, 5.41) is 21.2. The molecular weight excluding hydrogens is 542 g/mol. The Balaban J connectivity index is 1.68. The fourth-order valence-electron chi connectivity index (χ4n) is 3.00. The van der Waals surface area contributed by atoms with Crippen molar-refractivity contribution in [2.75, 3.05) is 0 Å². The summed E-state index contributed by atoms with van der Waals surface area (Å²) in [4.78, 5) is 22.7. The molecule has 1 heterocycles. The maximum Gasteiger partial charge on any atom is 0.339 e. The van der Waals surface area contributed by atoms with Crippen LogP contribution in [0.1, 0.15) is 10.4 Å². The molecule has 186 valence electrons. The van der Waals surface area contributed by atoms with E-state index in [1.54, 1.807) is 6.07 Å². The van der Waals surface area contributed by atoms with Crippen LogP contribution in [0.3, 0.4) is 0 Å². The van der Waals surface area contributed by atoms with Crippen LogP contribution in [-0.4, -0.2) is 44.3 Å². The average Bonchev–Trinajstić information content (AvgIpc) is 2.81. The van der Waals surface area contributed by atoms with Crippen molar-refractivity contribution >= 4 is 50.5 Å². The van der Waals surface area contributed by atoms with Crippen LogP contribution in [-0.2, 0) is 19.5 Å². The molecule has 3 N–H and O–H groups in total. The molecule has 0 spiro atoms. The summed E-state index contributed by atoms with van der Waals surface area (Å²) >= 11 is 6.44. The van der Waals surface area contributed by atoms with Gasteiger partial charge in [0, 0.05) is 10.3 Å². The molecule has 0 bridgehead atoms. The minimum atomic E-state index is -4.68. The minimum absolute atomic E-state index is 0.0500. The number of ether oxygens (including phenoxy) is 2. The topological polar surface area (TPSA) is 187 Å². The zero-order valence-electron chi connectivity index (χ0n) is 17.4. The van der Waals surface area contributed by atoms with Gasteiger partial charge in [-0.1, -0.05) is 23.2 Å². The summed E-state index contributed by atoms with van der Waals surface area (Å²) in [5.41, 5.74) is -0.141. The summed E-state index contributed by atoms with van der Waals surface area (Å²) in [5.74, 6) is -1.22. The summed E-state index contributed by atoms with van der Waals surface area (Å²) in [6.07, 6.45) is 0. The van der Waals surface area contributed by atoms with Crippen molar-refractivity contribution in [3.05, 3.63) is 65.4 Å². The third kappa shape index (κ3) is 5.97. The third-order valence-corrected chi connectivity index (χ3v) is 6.01. The molecule has 4 aromatic rings. The highest BCUT2D eigenvalue weighted by molar-refractivity contribution is 7.94. The van der Waals surface area contributed by atoms with E-state index in [1.807, 2.05) is 0 Å². The van der Waals surface area contributed by atoms with Gasteiger partial charge in [-0.05, 0) is 53.4 Å². The molecule has 1 aromatic heterocycles. The van der Waals surface area contributed by atoms with Gasteiger partial charge in [0.15, 0.2) is 0 Å². The molecule has 0 unspecified atom stereocenters. The van der Waals surface area contributed by atoms with Gasteiger partial charge in [0.2, 0.25) is 5.28 Å². The van der Waals surface area contributed by atoms with Crippen molar-refractivity contribution in [2.45, 2.75) is 9.79 Å². The minimum Gasteiger partial charge on any atom is -0.478 e. The van der Waals surface area contributed by atoms with Crippen LogP contribution in [0.5, 0.6) is 23.5 Å². The number of carbonyl (C=O) groups is 1. The lowest BCUT2D eigenvalue weighted by Gasteiger charge is -2.11. The van der Waals surface area contributed by atoms with E-state index >= 15 is 0 Å². The molecule has 0 saturated heterocycles. The molecular formula is C20H12ClN3O10S2. The van der Waals surface area contributed by atoms with E-state index in [0.29, 0.717) is 17.4 Å². The Labute approximate surface area is 211 Å². The second-order valence-corrected chi connectivity index (χ2v) is 9.18. The summed E-state index contributed by atoms with van der Waals surface area (Å²) in [7, 11) is -4.68. The zero-order valence-corrected chi connectivity index (χ0v) is 19.8. The summed E-state index contributed by atoms with van der Waals surface area (Å²) in [6.45, 7) is 0. The van der Waals surface area contributed by atoms with Crippen LogP contribution in [0.25, 0.3) is 10.8 Å². The Hall–Kier alpha value is -3.57. The second kappa shape index (κ2) is 10.6. The first-order valence-electron chi connectivity index (χ1n) is 9.43. The molecule has 0 saturated carbocycles. The average molecular weight is 554 g/mol. The van der Waals surface area contributed by atoms with Gasteiger partial charge in [0.1, 0.15) is 22.0 Å². The molecule has 3 aromatic carbocycles. The van der Waals surface area contributed by atoms with E-state index in [0.717, 1.165) is 6.07 Å². The van der Waals surface area contributed by atoms with Crippen LogP contribution in [0, 0.1) is 0 Å². The van der Waals surface area contributed by atoms with Crippen molar-refractivity contribution in [1.29, 1.82) is 0 Å². The molecule has 0 aliphatic carbocycles. The molecule has 0 fully saturated rings. The van der Waals surface area contributed by atoms with E-state index in [1.165, 1.54) is 42.5 Å². The van der Waals surface area contributed by atoms with Gasteiger partial charge in [-0.15, -0.1) is 9.32 Å². The molecule has 16 heteroatoms. The smallest absolute Gasteiger partial charge is 0.339 e. The second-order valence-electron chi connectivity index (χ2n) is 6.68. The molecule has 36 heavy (non-hydrogen) atoms. The first-order chi connectivity index (χ1) is 17.1. The van der Waals surface area contributed by atoms with Gasteiger partial charge in [0.05, 0.1) is 12.0 Å². The maximum atomic E-state index is 12.0. The lowest BCUT2D eigenvalue weighted by molar-refractivity contribution is -0.432. The van der Waals surface area contributed by atoms with Gasteiger partial charge < -0.3 is 14.6 Å². The van der Waals surface area contributed by atoms with Gasteiger partial charge in [-0.2, -0.15) is 18.4 Å². The maximum absolute atomic E-state index is 12.0. The highest BCUT2D eigenvalue weighted by Crippen LogP contribution is 2.34. The number of rotatable bonds is 9. The van der Waals surface area contributed by atoms with Gasteiger partial charge >= 0.3 is 18.0 Å². The third-order valence-electron chi connectivity index (χ3n) is 4.39. The van der Waals surface area contributed by atoms with Crippen molar-refractivity contribution < 1.29 is 47.0 Å². The molecule has 13 nitrogen and oxygen atoms in total. The molecule has 0 aliphatic rings. The van der Waals surface area contributed by atoms with E-state index in [-0.39, 0.29) is 44.6 Å². The van der Waals surface area contributed by atoms with Gasteiger partial charge in [-0.25, -0.2) is 10.1 Å². The quantitative estimate of drug-likeness (QED) is 0.112. The number of hydrogen-bond acceptors (Lipinski definition) is 12. The normalized spacial score (nSPS) is 11.4. The van der Waals surface area contributed by atoms with Crippen LogP contribution < -0.4 is 9.47 Å². The predicted molar refractivity (Wildman–Crippen MR) is 123 cm³/mol. The Morgan fingerprint density at radius 3 is 2.39 bits per heavy atom. The number of fused-ring (bicyclic) bond motifs is 1. The van der Waals surface area contributed by atoms with Gasteiger partial charge in [0.25, 0.3) is 10.1 Å². The largest absolute Gasteiger partial charge is 0.478 e. The van der Waals surface area contributed by atoms with Crippen LogP contribution in [0.15, 0.2) is 64.4 Å². The number of carboxylic acid groups (broad SMARTS) is 1. The lowest BCUT2D eigenvalue weighted by atomic mass is 10.1. The van der Waals surface area contributed by atoms with Gasteiger partial charge in [-0.3, -0.25) is 4.55 Å². The van der Waals surface area contributed by atoms with E-state index in [9.17, 15) is 22.9 Å². The SMILES string of the molecule is O=C(O)c1ccccc1Oc1nc(Cl)nc(Oc2ccc3cc(SOOO)cc(S(=O)(=O)O)c3c2)n1. The Morgan fingerprint density at radius 1 is 0.972 bits per heavy atom.